The average molecular weight is 327 g/mol. The molecule has 126 valence electrons. The van der Waals surface area contributed by atoms with Gasteiger partial charge in [-0.1, -0.05) is 13.8 Å². The Morgan fingerprint density at radius 2 is 1.83 bits per heavy atom. The highest BCUT2D eigenvalue weighted by Gasteiger charge is 2.11. The largest absolute Gasteiger partial charge is 0.352 e. The van der Waals surface area contributed by atoms with E-state index in [1.807, 2.05) is 44.4 Å². The summed E-state index contributed by atoms with van der Waals surface area (Å²) in [6, 6.07) is 11.8. The van der Waals surface area contributed by atoms with Crippen LogP contribution in [0.3, 0.4) is 0 Å². The third-order valence-electron chi connectivity index (χ3n) is 3.51. The first kappa shape index (κ1) is 17.7. The number of nitrogens with zero attached hydrogens (tertiary/aromatic N) is 2. The molecule has 1 aromatic heterocycles. The van der Waals surface area contributed by atoms with Crippen LogP contribution in [0.25, 0.3) is 16.7 Å². The zero-order chi connectivity index (χ0) is 17.7. The Balaban J connectivity index is 0.00000100. The molecule has 5 heteroatoms. The Hall–Kier alpha value is -2.69. The summed E-state index contributed by atoms with van der Waals surface area (Å²) in [4.78, 5) is 16.2. The summed E-state index contributed by atoms with van der Waals surface area (Å²) in [7, 11) is 0. The van der Waals surface area contributed by atoms with E-state index < -0.39 is 0 Å². The smallest absolute Gasteiger partial charge is 0.251 e. The van der Waals surface area contributed by atoms with Gasteiger partial charge in [0.05, 0.1) is 11.0 Å². The molecule has 2 aromatic carbocycles. The SMILES string of the molecule is CC.CCNC(=O)c1ccc(-n2c(C)nc3cc(F)ccc32)cc1. The molecule has 0 aliphatic heterocycles. The van der Waals surface area contributed by atoms with Gasteiger partial charge in [0.15, 0.2) is 0 Å². The lowest BCUT2D eigenvalue weighted by molar-refractivity contribution is 0.0956. The zero-order valence-corrected chi connectivity index (χ0v) is 14.4. The van der Waals surface area contributed by atoms with Gasteiger partial charge < -0.3 is 5.32 Å². The zero-order valence-electron chi connectivity index (χ0n) is 14.4. The van der Waals surface area contributed by atoms with Gasteiger partial charge in [0.1, 0.15) is 11.6 Å². The Kier molecular flexibility index (Phi) is 5.68. The van der Waals surface area contributed by atoms with Crippen LogP contribution in [-0.2, 0) is 0 Å². The molecule has 0 spiro atoms. The number of amides is 1. The summed E-state index contributed by atoms with van der Waals surface area (Å²) in [5.41, 5.74) is 2.95. The van der Waals surface area contributed by atoms with Crippen molar-refractivity contribution in [2.24, 2.45) is 0 Å². The van der Waals surface area contributed by atoms with Gasteiger partial charge in [0, 0.05) is 23.9 Å². The lowest BCUT2D eigenvalue weighted by atomic mass is 10.2. The fourth-order valence-corrected chi connectivity index (χ4v) is 2.52. The number of rotatable bonds is 3. The van der Waals surface area contributed by atoms with Crippen molar-refractivity contribution in [3.05, 3.63) is 59.7 Å². The number of imidazole rings is 1. The molecule has 24 heavy (non-hydrogen) atoms. The van der Waals surface area contributed by atoms with Gasteiger partial charge in [-0.25, -0.2) is 9.37 Å². The second-order valence-corrected chi connectivity index (χ2v) is 5.03. The number of hydrogen-bond acceptors (Lipinski definition) is 2. The summed E-state index contributed by atoms with van der Waals surface area (Å²) in [5, 5.41) is 2.76. The summed E-state index contributed by atoms with van der Waals surface area (Å²) in [6.45, 7) is 8.35. The number of hydrogen-bond donors (Lipinski definition) is 1. The molecule has 4 nitrogen and oxygen atoms in total. The maximum Gasteiger partial charge on any atom is 0.251 e. The fourth-order valence-electron chi connectivity index (χ4n) is 2.52. The third kappa shape index (κ3) is 3.45. The van der Waals surface area contributed by atoms with Crippen molar-refractivity contribution in [2.45, 2.75) is 27.7 Å². The minimum Gasteiger partial charge on any atom is -0.352 e. The first-order valence-corrected chi connectivity index (χ1v) is 8.13. The second-order valence-electron chi connectivity index (χ2n) is 5.03. The molecule has 3 aromatic rings. The number of aryl methyl sites for hydroxylation is 1. The molecular formula is C19H22FN3O. The standard InChI is InChI=1S/C17H16FN3O.C2H6/c1-3-19-17(22)12-4-7-14(8-5-12)21-11(2)20-15-10-13(18)6-9-16(15)21;1-2/h4-10H,3H2,1-2H3,(H,19,22);1-2H3. The van der Waals surface area contributed by atoms with Crippen LogP contribution in [0.15, 0.2) is 42.5 Å². The van der Waals surface area contributed by atoms with Crippen molar-refractivity contribution >= 4 is 16.9 Å². The highest BCUT2D eigenvalue weighted by molar-refractivity contribution is 5.94. The van der Waals surface area contributed by atoms with Crippen molar-refractivity contribution in [3.63, 3.8) is 0 Å². The molecule has 0 aliphatic carbocycles. The van der Waals surface area contributed by atoms with E-state index in [4.69, 9.17) is 0 Å². The van der Waals surface area contributed by atoms with E-state index >= 15 is 0 Å². The van der Waals surface area contributed by atoms with Crippen molar-refractivity contribution < 1.29 is 9.18 Å². The molecule has 0 aliphatic rings. The number of aromatic nitrogens is 2. The summed E-state index contributed by atoms with van der Waals surface area (Å²) in [5.74, 6) is 0.374. The van der Waals surface area contributed by atoms with Crippen LogP contribution < -0.4 is 5.32 Å². The first-order chi connectivity index (χ1) is 11.6. The Labute approximate surface area is 141 Å². The summed E-state index contributed by atoms with van der Waals surface area (Å²) < 4.78 is 15.2. The van der Waals surface area contributed by atoms with Crippen LogP contribution in [-0.4, -0.2) is 22.0 Å². The van der Waals surface area contributed by atoms with E-state index in [1.165, 1.54) is 12.1 Å². The number of halogens is 1. The quantitative estimate of drug-likeness (QED) is 0.782. The van der Waals surface area contributed by atoms with Crippen LogP contribution in [0.4, 0.5) is 4.39 Å². The Bertz CT molecular complexity index is 838. The van der Waals surface area contributed by atoms with Gasteiger partial charge in [-0.3, -0.25) is 9.36 Å². The molecule has 1 N–H and O–H groups in total. The van der Waals surface area contributed by atoms with Crippen molar-refractivity contribution in [2.75, 3.05) is 6.54 Å². The van der Waals surface area contributed by atoms with Gasteiger partial charge in [0.2, 0.25) is 0 Å². The van der Waals surface area contributed by atoms with Gasteiger partial charge in [0.25, 0.3) is 5.91 Å². The molecule has 1 amide bonds. The second kappa shape index (κ2) is 7.73. The van der Waals surface area contributed by atoms with Crippen molar-refractivity contribution in [1.29, 1.82) is 0 Å². The number of nitrogens with one attached hydrogen (secondary N) is 1. The number of carbonyl (C=O) groups is 1. The van der Waals surface area contributed by atoms with Crippen LogP contribution >= 0.6 is 0 Å². The number of fused-ring (bicyclic) bond motifs is 1. The average Bonchev–Trinajstić information content (AvgIpc) is 2.92. The predicted octanol–water partition coefficient (Wildman–Crippen LogP) is 4.25. The molecule has 0 saturated heterocycles. The van der Waals surface area contributed by atoms with E-state index in [9.17, 15) is 9.18 Å². The molecular weight excluding hydrogens is 305 g/mol. The van der Waals surface area contributed by atoms with Crippen LogP contribution in [0, 0.1) is 12.7 Å². The number of carbonyl (C=O) groups excluding carboxylic acids is 1. The molecule has 0 fully saturated rings. The molecule has 3 rings (SSSR count). The maximum absolute atomic E-state index is 13.3. The minimum absolute atomic E-state index is 0.0941. The predicted molar refractivity (Wildman–Crippen MR) is 95.1 cm³/mol. The maximum atomic E-state index is 13.3. The summed E-state index contributed by atoms with van der Waals surface area (Å²) in [6.07, 6.45) is 0. The third-order valence-corrected chi connectivity index (χ3v) is 3.51. The molecule has 0 bridgehead atoms. The lowest BCUT2D eigenvalue weighted by Crippen LogP contribution is -2.22. The van der Waals surface area contributed by atoms with Crippen molar-refractivity contribution in [1.82, 2.24) is 14.9 Å². The van der Waals surface area contributed by atoms with Crippen LogP contribution in [0.5, 0.6) is 0 Å². The normalized spacial score (nSPS) is 10.2. The highest BCUT2D eigenvalue weighted by Crippen LogP contribution is 2.22. The van der Waals surface area contributed by atoms with Gasteiger partial charge in [-0.2, -0.15) is 0 Å². The minimum atomic E-state index is -0.302. The fraction of sp³-hybridized carbons (Fsp3) is 0.263. The lowest BCUT2D eigenvalue weighted by Gasteiger charge is -2.08. The first-order valence-electron chi connectivity index (χ1n) is 8.13. The highest BCUT2D eigenvalue weighted by atomic mass is 19.1. The molecule has 0 radical (unpaired) electrons. The van der Waals surface area contributed by atoms with E-state index in [-0.39, 0.29) is 11.7 Å². The van der Waals surface area contributed by atoms with E-state index in [1.54, 1.807) is 18.2 Å². The molecule has 0 atom stereocenters. The van der Waals surface area contributed by atoms with E-state index in [2.05, 4.69) is 10.3 Å². The molecule has 0 saturated carbocycles. The molecule has 1 heterocycles. The van der Waals surface area contributed by atoms with E-state index in [0.717, 1.165) is 17.0 Å². The van der Waals surface area contributed by atoms with Crippen molar-refractivity contribution in [3.8, 4) is 5.69 Å². The van der Waals surface area contributed by atoms with Gasteiger partial charge >= 0.3 is 0 Å². The van der Waals surface area contributed by atoms with Gasteiger partial charge in [-0.05, 0) is 50.2 Å². The van der Waals surface area contributed by atoms with Gasteiger partial charge in [-0.15, -0.1) is 0 Å². The molecule has 0 unspecified atom stereocenters. The summed E-state index contributed by atoms with van der Waals surface area (Å²) >= 11 is 0. The Morgan fingerprint density at radius 1 is 1.17 bits per heavy atom. The Morgan fingerprint density at radius 3 is 2.46 bits per heavy atom. The van der Waals surface area contributed by atoms with E-state index in [0.29, 0.717) is 17.6 Å². The topological polar surface area (TPSA) is 46.9 Å². The van der Waals surface area contributed by atoms with Crippen LogP contribution in [0.2, 0.25) is 0 Å². The van der Waals surface area contributed by atoms with Crippen LogP contribution in [0.1, 0.15) is 37.0 Å². The monoisotopic (exact) mass is 327 g/mol. The number of benzene rings is 2.